The average molecular weight is 626 g/mol. The number of nitrogens with one attached hydrogen (secondary N) is 1. The van der Waals surface area contributed by atoms with Gasteiger partial charge in [0.25, 0.3) is 0 Å². The van der Waals surface area contributed by atoms with Crippen LogP contribution in [0.5, 0.6) is 0 Å². The number of benzene rings is 3. The summed E-state index contributed by atoms with van der Waals surface area (Å²) in [5, 5.41) is 14.9. The molecule has 1 saturated heterocycles. The van der Waals surface area contributed by atoms with E-state index in [9.17, 15) is 9.59 Å². The molecule has 9 heteroatoms. The van der Waals surface area contributed by atoms with E-state index in [4.69, 9.17) is 10.5 Å². The predicted molar refractivity (Wildman–Crippen MR) is 151 cm³/mol. The minimum atomic E-state index is -0.669. The lowest BCUT2D eigenvalue weighted by Gasteiger charge is -2.24. The van der Waals surface area contributed by atoms with Crippen LogP contribution in [-0.2, 0) is 9.59 Å². The monoisotopic (exact) mass is 624 g/mol. The highest BCUT2D eigenvalue weighted by Gasteiger charge is 2.42. The lowest BCUT2D eigenvalue weighted by atomic mass is 9.98. The number of hydrogen-bond acceptors (Lipinski definition) is 5. The molecule has 2 aliphatic heterocycles. The summed E-state index contributed by atoms with van der Waals surface area (Å²) in [7, 11) is 0. The second-order valence-electron chi connectivity index (χ2n) is 8.69. The quantitative estimate of drug-likeness (QED) is 0.200. The summed E-state index contributed by atoms with van der Waals surface area (Å²) in [5.74, 6) is -0.568. The van der Waals surface area contributed by atoms with Crippen molar-refractivity contribution in [1.29, 1.82) is 5.41 Å². The summed E-state index contributed by atoms with van der Waals surface area (Å²) in [4.78, 5) is 27.1. The molecule has 0 aliphatic carbocycles. The van der Waals surface area contributed by atoms with Crippen molar-refractivity contribution in [3.63, 3.8) is 0 Å². The summed E-state index contributed by atoms with van der Waals surface area (Å²) in [6, 6.07) is 23.1. The van der Waals surface area contributed by atoms with Crippen LogP contribution in [0.3, 0.4) is 0 Å². The Labute approximate surface area is 230 Å². The minimum absolute atomic E-state index is 0.0489. The number of amidine groups is 1. The smallest absolute Gasteiger partial charge is 0.247 e. The molecular formula is C27H22Br2N4O2S. The van der Waals surface area contributed by atoms with Crippen LogP contribution in [0.2, 0.25) is 0 Å². The number of carbonyl (C=O) groups is 2. The predicted octanol–water partition coefficient (Wildman–Crippen LogP) is 6.67. The number of thioether (sulfide) groups is 1. The highest BCUT2D eigenvalue weighted by atomic mass is 79.9. The Bertz CT molecular complexity index is 1360. The maximum Gasteiger partial charge on any atom is 0.247 e. The molecular weight excluding hydrogens is 604 g/mol. The van der Waals surface area contributed by atoms with Gasteiger partial charge in [-0.1, -0.05) is 85.6 Å². The van der Waals surface area contributed by atoms with Gasteiger partial charge in [-0.25, -0.2) is 9.91 Å². The third kappa shape index (κ3) is 5.05. The normalized spacial score (nSPS) is 19.7. The van der Waals surface area contributed by atoms with E-state index in [1.807, 2.05) is 43.3 Å². The van der Waals surface area contributed by atoms with Gasteiger partial charge in [-0.3, -0.25) is 15.0 Å². The molecule has 36 heavy (non-hydrogen) atoms. The number of hydrogen-bond donors (Lipinski definition) is 1. The maximum atomic E-state index is 13.2. The number of halogens is 2. The van der Waals surface area contributed by atoms with Gasteiger partial charge in [0, 0.05) is 21.8 Å². The lowest BCUT2D eigenvalue weighted by Crippen LogP contribution is -2.32. The fourth-order valence-electron chi connectivity index (χ4n) is 4.31. The van der Waals surface area contributed by atoms with Gasteiger partial charge in [0.05, 0.1) is 17.4 Å². The zero-order valence-corrected chi connectivity index (χ0v) is 23.3. The molecule has 5 rings (SSSR count). The highest BCUT2D eigenvalue weighted by Crippen LogP contribution is 2.38. The Balaban J connectivity index is 1.39. The second kappa shape index (κ2) is 10.3. The van der Waals surface area contributed by atoms with E-state index >= 15 is 0 Å². The van der Waals surface area contributed by atoms with Crippen molar-refractivity contribution in [2.75, 3.05) is 4.90 Å². The zero-order chi connectivity index (χ0) is 25.4. The topological polar surface area (TPSA) is 76.8 Å². The first-order valence-electron chi connectivity index (χ1n) is 11.4. The molecule has 0 unspecified atom stereocenters. The van der Waals surface area contributed by atoms with Gasteiger partial charge in [-0.05, 0) is 54.4 Å². The largest absolute Gasteiger partial charge is 0.277 e. The number of carbonyl (C=O) groups excluding carboxylic acids is 2. The van der Waals surface area contributed by atoms with Crippen molar-refractivity contribution in [2.45, 2.75) is 31.1 Å². The number of hydrazone groups is 1. The average Bonchev–Trinajstić information content (AvgIpc) is 3.42. The second-order valence-corrected chi connectivity index (χ2v) is 11.7. The number of imide groups is 1. The van der Waals surface area contributed by atoms with Gasteiger partial charge >= 0.3 is 0 Å². The Hall–Kier alpha value is -2.75. The molecule has 3 aromatic rings. The molecule has 2 aliphatic rings. The minimum Gasteiger partial charge on any atom is -0.277 e. The molecule has 0 aromatic heterocycles. The van der Waals surface area contributed by atoms with Crippen LogP contribution in [0, 0.1) is 12.3 Å². The number of nitrogens with zero attached hydrogens (tertiary/aromatic N) is 3. The molecule has 1 fully saturated rings. The van der Waals surface area contributed by atoms with Crippen molar-refractivity contribution in [2.24, 2.45) is 5.10 Å². The van der Waals surface area contributed by atoms with Crippen molar-refractivity contribution < 1.29 is 9.59 Å². The first kappa shape index (κ1) is 24.9. The summed E-state index contributed by atoms with van der Waals surface area (Å²) in [5.41, 5.74) is 4.63. The van der Waals surface area contributed by atoms with Gasteiger partial charge in [-0.15, -0.1) is 0 Å². The molecule has 3 aromatic carbocycles. The summed E-state index contributed by atoms with van der Waals surface area (Å²) >= 11 is 7.96. The molecule has 6 nitrogen and oxygen atoms in total. The van der Waals surface area contributed by atoms with E-state index in [1.165, 1.54) is 10.5 Å². The van der Waals surface area contributed by atoms with Crippen LogP contribution < -0.4 is 4.90 Å². The van der Waals surface area contributed by atoms with Crippen LogP contribution in [0.25, 0.3) is 0 Å². The van der Waals surface area contributed by atoms with E-state index in [0.717, 1.165) is 37.5 Å². The third-order valence-corrected chi connectivity index (χ3v) is 8.32. The SMILES string of the molecule is Cc1ccc(C2=NN(C(=N)S[C@H]3CC(=O)N(c4ccc(Br)cc4)C3=O)[C@@H](c3ccc(Br)cc3)C2)cc1. The molecule has 0 bridgehead atoms. The number of amides is 2. The molecule has 0 radical (unpaired) electrons. The first-order valence-corrected chi connectivity index (χ1v) is 13.8. The third-order valence-electron chi connectivity index (χ3n) is 6.20. The van der Waals surface area contributed by atoms with Crippen molar-refractivity contribution in [1.82, 2.24) is 5.01 Å². The van der Waals surface area contributed by atoms with Gasteiger partial charge in [0.15, 0.2) is 5.17 Å². The van der Waals surface area contributed by atoms with Crippen LogP contribution in [-0.4, -0.2) is 33.0 Å². The Morgan fingerprint density at radius 3 is 2.17 bits per heavy atom. The number of anilines is 1. The van der Waals surface area contributed by atoms with E-state index in [1.54, 1.807) is 29.3 Å². The lowest BCUT2D eigenvalue weighted by molar-refractivity contribution is -0.121. The first-order chi connectivity index (χ1) is 17.3. The highest BCUT2D eigenvalue weighted by molar-refractivity contribution is 9.10. The van der Waals surface area contributed by atoms with Crippen LogP contribution in [0.15, 0.2) is 86.8 Å². The molecule has 2 atom stereocenters. The standard InChI is InChI=1S/C27H22Br2N4O2S/c1-16-2-4-17(5-3-16)22-14-23(18-6-8-19(28)9-7-18)33(31-22)27(30)36-24-15-25(34)32(26(24)35)21-12-10-20(29)11-13-21/h2-13,23-24,30H,14-15H2,1H3/t23-,24+/m1/s1. The van der Waals surface area contributed by atoms with Gasteiger partial charge in [-0.2, -0.15) is 5.10 Å². The van der Waals surface area contributed by atoms with Crippen LogP contribution in [0.4, 0.5) is 5.69 Å². The molecule has 0 spiro atoms. The van der Waals surface area contributed by atoms with Crippen LogP contribution in [0.1, 0.15) is 35.6 Å². The van der Waals surface area contributed by atoms with Crippen molar-refractivity contribution in [3.05, 3.63) is 98.4 Å². The summed E-state index contributed by atoms with van der Waals surface area (Å²) in [6.45, 7) is 2.04. The van der Waals surface area contributed by atoms with Gasteiger partial charge < -0.3 is 0 Å². The van der Waals surface area contributed by atoms with Gasteiger partial charge in [0.1, 0.15) is 5.25 Å². The van der Waals surface area contributed by atoms with Crippen molar-refractivity contribution >= 4 is 72.0 Å². The van der Waals surface area contributed by atoms with E-state index in [-0.39, 0.29) is 29.4 Å². The molecule has 0 saturated carbocycles. The molecule has 2 heterocycles. The zero-order valence-electron chi connectivity index (χ0n) is 19.3. The Morgan fingerprint density at radius 2 is 1.53 bits per heavy atom. The van der Waals surface area contributed by atoms with Gasteiger partial charge in [0.2, 0.25) is 11.8 Å². The maximum absolute atomic E-state index is 13.2. The van der Waals surface area contributed by atoms with E-state index in [0.29, 0.717) is 12.1 Å². The fraction of sp³-hybridized carbons (Fsp3) is 0.185. The van der Waals surface area contributed by atoms with E-state index < -0.39 is 5.25 Å². The molecule has 182 valence electrons. The Morgan fingerprint density at radius 1 is 0.917 bits per heavy atom. The van der Waals surface area contributed by atoms with Crippen molar-refractivity contribution in [3.8, 4) is 0 Å². The molecule has 2 amide bonds. The Kier molecular flexibility index (Phi) is 7.14. The fourth-order valence-corrected chi connectivity index (χ4v) is 5.82. The van der Waals surface area contributed by atoms with Crippen LogP contribution >= 0.6 is 43.6 Å². The summed E-state index contributed by atoms with van der Waals surface area (Å²) < 4.78 is 1.84. The number of aryl methyl sites for hydroxylation is 1. The summed E-state index contributed by atoms with van der Waals surface area (Å²) in [6.07, 6.45) is 0.684. The molecule has 1 N–H and O–H groups in total. The number of rotatable bonds is 4. The van der Waals surface area contributed by atoms with E-state index in [2.05, 4.69) is 44.0 Å².